The first-order valence-corrected chi connectivity index (χ1v) is 7.80. The SMILES string of the molecule is CC(C)Cc1ccc(C(Cl)C2CC3CC3C2)cc1. The van der Waals surface area contributed by atoms with E-state index in [-0.39, 0.29) is 5.38 Å². The number of halogens is 1. The fraction of sp³-hybridized carbons (Fsp3) is 0.647. The summed E-state index contributed by atoms with van der Waals surface area (Å²) < 4.78 is 0. The Morgan fingerprint density at radius 3 is 2.22 bits per heavy atom. The fourth-order valence-electron chi connectivity index (χ4n) is 3.58. The molecule has 0 bridgehead atoms. The van der Waals surface area contributed by atoms with Crippen LogP contribution in [0.4, 0.5) is 0 Å². The summed E-state index contributed by atoms with van der Waals surface area (Å²) in [6, 6.07) is 9.03. The van der Waals surface area contributed by atoms with E-state index in [4.69, 9.17) is 11.6 Å². The minimum absolute atomic E-state index is 0.242. The van der Waals surface area contributed by atoms with Gasteiger partial charge in [-0.1, -0.05) is 38.1 Å². The molecule has 2 saturated carbocycles. The van der Waals surface area contributed by atoms with Gasteiger partial charge in [-0.05, 0) is 60.5 Å². The van der Waals surface area contributed by atoms with Crippen molar-refractivity contribution in [2.24, 2.45) is 23.7 Å². The van der Waals surface area contributed by atoms with E-state index in [1.165, 1.54) is 36.8 Å². The van der Waals surface area contributed by atoms with E-state index < -0.39 is 0 Å². The Labute approximate surface area is 116 Å². The second-order valence-electron chi connectivity index (χ2n) is 6.73. The molecular formula is C17H23Cl. The molecular weight excluding hydrogens is 240 g/mol. The summed E-state index contributed by atoms with van der Waals surface area (Å²) in [7, 11) is 0. The van der Waals surface area contributed by atoms with Crippen LogP contribution in [0.1, 0.15) is 49.6 Å². The van der Waals surface area contributed by atoms with Gasteiger partial charge in [0.2, 0.25) is 0 Å². The molecule has 1 aromatic carbocycles. The number of fused-ring (bicyclic) bond motifs is 1. The van der Waals surface area contributed by atoms with Crippen LogP contribution < -0.4 is 0 Å². The van der Waals surface area contributed by atoms with Gasteiger partial charge in [0, 0.05) is 0 Å². The zero-order chi connectivity index (χ0) is 12.7. The Hall–Kier alpha value is -0.490. The second kappa shape index (κ2) is 4.89. The molecule has 0 radical (unpaired) electrons. The standard InChI is InChI=1S/C17H23Cl/c1-11(2)7-12-3-5-13(6-4-12)17(18)16-9-14-8-15(14)10-16/h3-6,11,14-17H,7-10H2,1-2H3. The summed E-state index contributed by atoms with van der Waals surface area (Å²) in [4.78, 5) is 0. The highest BCUT2D eigenvalue weighted by Gasteiger charge is 2.47. The van der Waals surface area contributed by atoms with Crippen LogP contribution in [0.5, 0.6) is 0 Å². The molecule has 0 saturated heterocycles. The van der Waals surface area contributed by atoms with Crippen molar-refractivity contribution in [2.75, 3.05) is 0 Å². The van der Waals surface area contributed by atoms with Gasteiger partial charge in [-0.3, -0.25) is 0 Å². The smallest absolute Gasteiger partial charge is 0.0613 e. The molecule has 0 N–H and O–H groups in total. The number of alkyl halides is 1. The van der Waals surface area contributed by atoms with Crippen molar-refractivity contribution in [3.63, 3.8) is 0 Å². The third-order valence-corrected chi connectivity index (χ3v) is 5.24. The molecule has 18 heavy (non-hydrogen) atoms. The Bertz CT molecular complexity index is 396. The van der Waals surface area contributed by atoms with Gasteiger partial charge in [0.25, 0.3) is 0 Å². The van der Waals surface area contributed by atoms with E-state index in [2.05, 4.69) is 38.1 Å². The van der Waals surface area contributed by atoms with Crippen molar-refractivity contribution in [3.8, 4) is 0 Å². The average Bonchev–Trinajstić information content (AvgIpc) is 2.95. The van der Waals surface area contributed by atoms with Gasteiger partial charge < -0.3 is 0 Å². The molecule has 3 rings (SSSR count). The maximum Gasteiger partial charge on any atom is 0.0613 e. The molecule has 0 heterocycles. The molecule has 1 aromatic rings. The van der Waals surface area contributed by atoms with E-state index >= 15 is 0 Å². The van der Waals surface area contributed by atoms with Crippen molar-refractivity contribution in [1.29, 1.82) is 0 Å². The topological polar surface area (TPSA) is 0 Å². The van der Waals surface area contributed by atoms with E-state index in [0.29, 0.717) is 0 Å². The molecule has 1 heteroatoms. The third kappa shape index (κ3) is 2.59. The molecule has 0 spiro atoms. The summed E-state index contributed by atoms with van der Waals surface area (Å²) >= 11 is 6.66. The van der Waals surface area contributed by atoms with Crippen LogP contribution in [0.15, 0.2) is 24.3 Å². The summed E-state index contributed by atoms with van der Waals surface area (Å²) in [5, 5.41) is 0.242. The number of rotatable bonds is 4. The summed E-state index contributed by atoms with van der Waals surface area (Å²) in [6.45, 7) is 4.53. The lowest BCUT2D eigenvalue weighted by atomic mass is 9.93. The predicted octanol–water partition coefficient (Wildman–Crippen LogP) is 5.21. The van der Waals surface area contributed by atoms with Gasteiger partial charge in [0.1, 0.15) is 0 Å². The predicted molar refractivity (Wildman–Crippen MR) is 77.9 cm³/mol. The maximum atomic E-state index is 6.66. The number of benzene rings is 1. The quantitative estimate of drug-likeness (QED) is 0.654. The molecule has 0 aliphatic heterocycles. The zero-order valence-electron chi connectivity index (χ0n) is 11.4. The first-order valence-electron chi connectivity index (χ1n) is 7.36. The molecule has 3 atom stereocenters. The van der Waals surface area contributed by atoms with Crippen molar-refractivity contribution < 1.29 is 0 Å². The van der Waals surface area contributed by atoms with E-state index in [1.807, 2.05) is 0 Å². The van der Waals surface area contributed by atoms with Crippen LogP contribution in [-0.4, -0.2) is 0 Å². The molecule has 2 aliphatic rings. The Morgan fingerprint density at radius 1 is 1.06 bits per heavy atom. The van der Waals surface area contributed by atoms with Crippen LogP contribution in [0.25, 0.3) is 0 Å². The van der Waals surface area contributed by atoms with Crippen molar-refractivity contribution in [1.82, 2.24) is 0 Å². The van der Waals surface area contributed by atoms with Gasteiger partial charge in [-0.25, -0.2) is 0 Å². The molecule has 0 aromatic heterocycles. The first kappa shape index (κ1) is 12.5. The summed E-state index contributed by atoms with van der Waals surface area (Å²) in [6.07, 6.45) is 5.38. The van der Waals surface area contributed by atoms with E-state index in [0.717, 1.165) is 23.7 Å². The highest BCUT2D eigenvalue weighted by Crippen LogP contribution is 2.58. The van der Waals surface area contributed by atoms with Crippen LogP contribution >= 0.6 is 11.6 Å². The lowest BCUT2D eigenvalue weighted by molar-refractivity contribution is 0.471. The third-order valence-electron chi connectivity index (χ3n) is 4.64. The van der Waals surface area contributed by atoms with Gasteiger partial charge in [0.15, 0.2) is 0 Å². The lowest BCUT2D eigenvalue weighted by Gasteiger charge is -2.19. The minimum Gasteiger partial charge on any atom is -0.118 e. The molecule has 0 amide bonds. The van der Waals surface area contributed by atoms with Crippen LogP contribution in [0.3, 0.4) is 0 Å². The summed E-state index contributed by atoms with van der Waals surface area (Å²) in [5.41, 5.74) is 2.77. The molecule has 98 valence electrons. The van der Waals surface area contributed by atoms with Crippen molar-refractivity contribution >= 4 is 11.6 Å². The van der Waals surface area contributed by atoms with Crippen molar-refractivity contribution in [2.45, 2.75) is 44.9 Å². The first-order chi connectivity index (χ1) is 8.63. The fourth-order valence-corrected chi connectivity index (χ4v) is 3.93. The number of hydrogen-bond acceptors (Lipinski definition) is 0. The van der Waals surface area contributed by atoms with E-state index in [9.17, 15) is 0 Å². The Morgan fingerprint density at radius 2 is 1.67 bits per heavy atom. The molecule has 0 nitrogen and oxygen atoms in total. The van der Waals surface area contributed by atoms with Gasteiger partial charge in [-0.2, -0.15) is 0 Å². The van der Waals surface area contributed by atoms with Gasteiger partial charge in [0.05, 0.1) is 5.38 Å². The highest BCUT2D eigenvalue weighted by molar-refractivity contribution is 6.21. The molecule has 3 unspecified atom stereocenters. The second-order valence-corrected chi connectivity index (χ2v) is 7.20. The van der Waals surface area contributed by atoms with Crippen LogP contribution in [-0.2, 0) is 6.42 Å². The van der Waals surface area contributed by atoms with E-state index in [1.54, 1.807) is 0 Å². The largest absolute Gasteiger partial charge is 0.118 e. The minimum atomic E-state index is 0.242. The normalized spacial score (nSPS) is 31.4. The summed E-state index contributed by atoms with van der Waals surface area (Å²) in [5.74, 6) is 3.50. The molecule has 2 aliphatic carbocycles. The average molecular weight is 263 g/mol. The van der Waals surface area contributed by atoms with Gasteiger partial charge >= 0.3 is 0 Å². The Balaban J connectivity index is 1.64. The lowest BCUT2D eigenvalue weighted by Crippen LogP contribution is -2.06. The molecule has 2 fully saturated rings. The van der Waals surface area contributed by atoms with Crippen LogP contribution in [0, 0.1) is 23.7 Å². The monoisotopic (exact) mass is 262 g/mol. The Kier molecular flexibility index (Phi) is 3.40. The maximum absolute atomic E-state index is 6.66. The van der Waals surface area contributed by atoms with Gasteiger partial charge in [-0.15, -0.1) is 11.6 Å². The number of hydrogen-bond donors (Lipinski definition) is 0. The highest BCUT2D eigenvalue weighted by atomic mass is 35.5. The van der Waals surface area contributed by atoms with Crippen molar-refractivity contribution in [3.05, 3.63) is 35.4 Å². The zero-order valence-corrected chi connectivity index (χ0v) is 12.2. The van der Waals surface area contributed by atoms with Crippen LogP contribution in [0.2, 0.25) is 0 Å².